The number of nitrogens with zero attached hydrogens (tertiary/aromatic N) is 1. The average molecular weight is 251 g/mol. The molecule has 0 saturated carbocycles. The lowest BCUT2D eigenvalue weighted by molar-refractivity contribution is -0.163. The van der Waals surface area contributed by atoms with Crippen LogP contribution < -0.4 is 4.74 Å². The lowest BCUT2D eigenvalue weighted by Gasteiger charge is -2.27. The van der Waals surface area contributed by atoms with Crippen LogP contribution in [-0.2, 0) is 14.3 Å². The van der Waals surface area contributed by atoms with E-state index in [-0.39, 0.29) is 25.0 Å². The van der Waals surface area contributed by atoms with Gasteiger partial charge in [0, 0.05) is 13.3 Å². The maximum absolute atomic E-state index is 10.9. The zero-order chi connectivity index (χ0) is 13.0. The Kier molecular flexibility index (Phi) is 4.15. The Labute approximate surface area is 106 Å². The molecule has 0 fully saturated rings. The third kappa shape index (κ3) is 3.20. The Morgan fingerprint density at radius 2 is 2.33 bits per heavy atom. The van der Waals surface area contributed by atoms with Crippen molar-refractivity contribution < 1.29 is 19.0 Å². The summed E-state index contributed by atoms with van der Waals surface area (Å²) in [5.74, 6) is 0.369. The first-order valence-corrected chi connectivity index (χ1v) is 6.10. The smallest absolute Gasteiger partial charge is 0.302 e. The predicted octanol–water partition coefficient (Wildman–Crippen LogP) is 2.22. The number of fused-ring (bicyclic) bond motifs is 5. The van der Waals surface area contributed by atoms with Crippen LogP contribution in [0.1, 0.15) is 38.5 Å². The number of esters is 1. The molecule has 0 aromatic carbocycles. The minimum absolute atomic E-state index is 0.158. The van der Waals surface area contributed by atoms with E-state index >= 15 is 0 Å². The number of carbonyl (C=O) groups excluding carboxylic acids is 1. The average Bonchev–Trinajstić information content (AvgIpc) is 2.32. The molecule has 2 unspecified atom stereocenters. The van der Waals surface area contributed by atoms with Gasteiger partial charge in [-0.1, -0.05) is 13.3 Å². The summed E-state index contributed by atoms with van der Waals surface area (Å²) in [4.78, 5) is 15.1. The van der Waals surface area contributed by atoms with E-state index in [1.54, 1.807) is 6.20 Å². The maximum Gasteiger partial charge on any atom is 0.302 e. The Balaban J connectivity index is 2.13. The van der Waals surface area contributed by atoms with Crippen LogP contribution >= 0.6 is 0 Å². The van der Waals surface area contributed by atoms with Gasteiger partial charge in [-0.3, -0.25) is 9.78 Å². The molecule has 0 amide bonds. The van der Waals surface area contributed by atoms with Gasteiger partial charge in [0.05, 0.1) is 11.9 Å². The number of rotatable bonds is 4. The summed E-state index contributed by atoms with van der Waals surface area (Å²) in [7, 11) is 0. The van der Waals surface area contributed by atoms with Gasteiger partial charge in [0.2, 0.25) is 6.29 Å². The second kappa shape index (κ2) is 5.82. The number of ether oxygens (including phenoxy) is 3. The molecule has 5 heteroatoms. The van der Waals surface area contributed by atoms with Gasteiger partial charge in [-0.15, -0.1) is 0 Å². The van der Waals surface area contributed by atoms with Crippen molar-refractivity contribution in [2.24, 2.45) is 0 Å². The molecule has 0 spiro atoms. The first-order valence-electron chi connectivity index (χ1n) is 6.10. The molecule has 3 heterocycles. The highest BCUT2D eigenvalue weighted by molar-refractivity contribution is 5.65. The highest BCUT2D eigenvalue weighted by Crippen LogP contribution is 2.26. The van der Waals surface area contributed by atoms with Crippen LogP contribution in [0, 0.1) is 0 Å². The van der Waals surface area contributed by atoms with Gasteiger partial charge in [-0.05, 0) is 12.1 Å². The molecule has 3 rings (SSSR count). The Bertz CT molecular complexity index is 404. The molecule has 1 aromatic heterocycles. The first-order chi connectivity index (χ1) is 8.69. The van der Waals surface area contributed by atoms with Crippen LogP contribution in [0.4, 0.5) is 0 Å². The fourth-order valence-corrected chi connectivity index (χ4v) is 1.76. The second-order valence-corrected chi connectivity index (χ2v) is 4.18. The molecule has 2 atom stereocenters. The van der Waals surface area contributed by atoms with E-state index in [0.717, 1.165) is 18.5 Å². The topological polar surface area (TPSA) is 57.7 Å². The van der Waals surface area contributed by atoms with Crippen LogP contribution in [0.2, 0.25) is 0 Å². The molecule has 0 aliphatic carbocycles. The second-order valence-electron chi connectivity index (χ2n) is 4.18. The van der Waals surface area contributed by atoms with Gasteiger partial charge in [-0.25, -0.2) is 0 Å². The van der Waals surface area contributed by atoms with Gasteiger partial charge in [0.1, 0.15) is 18.5 Å². The van der Waals surface area contributed by atoms with Crippen LogP contribution in [0.25, 0.3) is 0 Å². The van der Waals surface area contributed by atoms with Gasteiger partial charge in [0.15, 0.2) is 0 Å². The minimum atomic E-state index is -0.375. The Hall–Kier alpha value is -1.62. The SMILES string of the molecule is CCCC1Oc2ccc(nc2)C(COC(C)=O)O1. The van der Waals surface area contributed by atoms with Crippen molar-refractivity contribution in [3.05, 3.63) is 24.0 Å². The van der Waals surface area contributed by atoms with Crippen molar-refractivity contribution in [1.82, 2.24) is 4.98 Å². The van der Waals surface area contributed by atoms with Crippen molar-refractivity contribution in [1.29, 1.82) is 0 Å². The molecule has 2 aliphatic rings. The fourth-order valence-electron chi connectivity index (χ4n) is 1.76. The number of carbonyl (C=O) groups is 1. The maximum atomic E-state index is 10.9. The van der Waals surface area contributed by atoms with Gasteiger partial charge in [-0.2, -0.15) is 0 Å². The minimum Gasteiger partial charge on any atom is -0.463 e. The first kappa shape index (κ1) is 12.8. The van der Waals surface area contributed by atoms with Crippen molar-refractivity contribution in [2.75, 3.05) is 6.61 Å². The molecule has 2 aliphatic heterocycles. The monoisotopic (exact) mass is 251 g/mol. The summed E-state index contributed by atoms with van der Waals surface area (Å²) < 4.78 is 16.5. The van der Waals surface area contributed by atoms with E-state index in [0.29, 0.717) is 5.75 Å². The third-order valence-electron chi connectivity index (χ3n) is 2.64. The molecule has 98 valence electrons. The quantitative estimate of drug-likeness (QED) is 0.768. The van der Waals surface area contributed by atoms with Crippen molar-refractivity contribution in [3.63, 3.8) is 0 Å². The largest absolute Gasteiger partial charge is 0.463 e. The number of aromatic nitrogens is 1. The molecular formula is C13H17NO4. The normalized spacial score (nSPS) is 21.9. The Morgan fingerprint density at radius 1 is 1.50 bits per heavy atom. The predicted molar refractivity (Wildman–Crippen MR) is 64.0 cm³/mol. The molecule has 0 radical (unpaired) electrons. The number of hydrogen-bond donors (Lipinski definition) is 0. The Morgan fingerprint density at radius 3 is 2.94 bits per heavy atom. The van der Waals surface area contributed by atoms with E-state index in [4.69, 9.17) is 14.2 Å². The summed E-state index contributed by atoms with van der Waals surface area (Å²) in [5, 5.41) is 0. The van der Waals surface area contributed by atoms with Gasteiger partial charge >= 0.3 is 5.97 Å². The standard InChI is InChI=1S/C13H17NO4/c1-3-4-13-17-10-5-6-11(14-7-10)12(18-13)8-16-9(2)15/h5-7,12-13H,3-4,8H2,1-2H3. The third-order valence-corrected chi connectivity index (χ3v) is 2.64. The van der Waals surface area contributed by atoms with Gasteiger partial charge < -0.3 is 14.2 Å². The van der Waals surface area contributed by atoms with Gasteiger partial charge in [0.25, 0.3) is 0 Å². The molecule has 2 bridgehead atoms. The van der Waals surface area contributed by atoms with Crippen molar-refractivity contribution >= 4 is 5.97 Å². The zero-order valence-corrected chi connectivity index (χ0v) is 10.6. The van der Waals surface area contributed by atoms with E-state index in [9.17, 15) is 4.79 Å². The van der Waals surface area contributed by atoms with Crippen LogP contribution in [0.3, 0.4) is 0 Å². The van der Waals surface area contributed by atoms with E-state index in [1.165, 1.54) is 6.92 Å². The molecule has 1 aromatic rings. The molecule has 5 nitrogen and oxygen atoms in total. The van der Waals surface area contributed by atoms with E-state index < -0.39 is 0 Å². The molecular weight excluding hydrogens is 234 g/mol. The van der Waals surface area contributed by atoms with Crippen LogP contribution in [0.15, 0.2) is 18.3 Å². The summed E-state index contributed by atoms with van der Waals surface area (Å²) in [6, 6.07) is 3.68. The number of hydrogen-bond acceptors (Lipinski definition) is 5. The summed E-state index contributed by atoms with van der Waals surface area (Å²) >= 11 is 0. The van der Waals surface area contributed by atoms with Crippen LogP contribution in [-0.4, -0.2) is 23.9 Å². The number of pyridine rings is 1. The fraction of sp³-hybridized carbons (Fsp3) is 0.538. The highest BCUT2D eigenvalue weighted by Gasteiger charge is 2.24. The van der Waals surface area contributed by atoms with E-state index in [2.05, 4.69) is 11.9 Å². The molecule has 0 N–H and O–H groups in total. The molecule has 18 heavy (non-hydrogen) atoms. The zero-order valence-electron chi connectivity index (χ0n) is 10.6. The summed E-state index contributed by atoms with van der Waals surface area (Å²) in [6.45, 7) is 3.59. The highest BCUT2D eigenvalue weighted by atomic mass is 16.7. The lowest BCUT2D eigenvalue weighted by atomic mass is 10.2. The van der Waals surface area contributed by atoms with Crippen LogP contribution in [0.5, 0.6) is 5.75 Å². The molecule has 0 saturated heterocycles. The summed E-state index contributed by atoms with van der Waals surface area (Å²) in [6.07, 6.45) is 2.71. The summed E-state index contributed by atoms with van der Waals surface area (Å²) in [5.41, 5.74) is 0.754. The lowest BCUT2D eigenvalue weighted by Crippen LogP contribution is -2.28. The van der Waals surface area contributed by atoms with E-state index in [1.807, 2.05) is 12.1 Å². The van der Waals surface area contributed by atoms with Crippen molar-refractivity contribution in [3.8, 4) is 5.75 Å². The van der Waals surface area contributed by atoms with Crippen molar-refractivity contribution in [2.45, 2.75) is 39.1 Å².